The standard InChI is InChI=1S/C17H30N4O3S/c1-4-19-17(20-9-11-24-10-8-14(2)3)21-13-15-6-5-7-16(12-15)25(18,22)23/h5-7,12,14H,4,8-11,13H2,1-3H3,(H2,18,22,23)(H2,19,20,21). The van der Waals surface area contributed by atoms with E-state index in [2.05, 4.69) is 29.5 Å². The highest BCUT2D eigenvalue weighted by Gasteiger charge is 2.07. The summed E-state index contributed by atoms with van der Waals surface area (Å²) in [5.74, 6) is 1.30. The average Bonchev–Trinajstić information content (AvgIpc) is 2.55. The second-order valence-corrected chi connectivity index (χ2v) is 7.67. The zero-order valence-electron chi connectivity index (χ0n) is 15.3. The van der Waals surface area contributed by atoms with Crippen LogP contribution in [0.5, 0.6) is 0 Å². The van der Waals surface area contributed by atoms with Gasteiger partial charge in [0.15, 0.2) is 5.96 Å². The molecular weight excluding hydrogens is 340 g/mol. The van der Waals surface area contributed by atoms with E-state index in [0.29, 0.717) is 31.6 Å². The van der Waals surface area contributed by atoms with Crippen molar-refractivity contribution in [3.8, 4) is 0 Å². The third kappa shape index (κ3) is 9.42. The van der Waals surface area contributed by atoms with Crippen molar-refractivity contribution in [1.29, 1.82) is 0 Å². The molecule has 25 heavy (non-hydrogen) atoms. The summed E-state index contributed by atoms with van der Waals surface area (Å²) in [6.45, 7) is 9.43. The SMILES string of the molecule is CCNC(=NCc1cccc(S(N)(=O)=O)c1)NCCOCCC(C)C. The summed E-state index contributed by atoms with van der Waals surface area (Å²) in [7, 11) is -3.70. The highest BCUT2D eigenvalue weighted by Crippen LogP contribution is 2.10. The first-order valence-electron chi connectivity index (χ1n) is 8.54. The van der Waals surface area contributed by atoms with Crippen molar-refractivity contribution >= 4 is 16.0 Å². The van der Waals surface area contributed by atoms with Crippen molar-refractivity contribution in [2.24, 2.45) is 16.0 Å². The number of primary sulfonamides is 1. The smallest absolute Gasteiger partial charge is 0.238 e. The Labute approximate surface area is 151 Å². The van der Waals surface area contributed by atoms with E-state index in [9.17, 15) is 8.42 Å². The molecule has 0 radical (unpaired) electrons. The number of nitrogens with one attached hydrogen (secondary N) is 2. The Balaban J connectivity index is 2.52. The predicted octanol–water partition coefficient (Wildman–Crippen LogP) is 1.45. The van der Waals surface area contributed by atoms with E-state index >= 15 is 0 Å². The van der Waals surface area contributed by atoms with Crippen LogP contribution in [0, 0.1) is 5.92 Å². The molecule has 1 rings (SSSR count). The van der Waals surface area contributed by atoms with E-state index in [1.54, 1.807) is 6.07 Å². The molecule has 1 aromatic carbocycles. The van der Waals surface area contributed by atoms with Gasteiger partial charge in [0.2, 0.25) is 10.0 Å². The molecule has 0 aliphatic rings. The highest BCUT2D eigenvalue weighted by atomic mass is 32.2. The lowest BCUT2D eigenvalue weighted by Crippen LogP contribution is -2.39. The van der Waals surface area contributed by atoms with Gasteiger partial charge in [-0.15, -0.1) is 0 Å². The van der Waals surface area contributed by atoms with Crippen molar-refractivity contribution in [2.45, 2.75) is 38.6 Å². The Morgan fingerprint density at radius 3 is 2.68 bits per heavy atom. The third-order valence-electron chi connectivity index (χ3n) is 3.37. The second-order valence-electron chi connectivity index (χ2n) is 6.11. The average molecular weight is 371 g/mol. The molecule has 0 amide bonds. The van der Waals surface area contributed by atoms with Gasteiger partial charge in [0.25, 0.3) is 0 Å². The van der Waals surface area contributed by atoms with E-state index in [4.69, 9.17) is 9.88 Å². The fourth-order valence-electron chi connectivity index (χ4n) is 2.00. The van der Waals surface area contributed by atoms with Gasteiger partial charge < -0.3 is 15.4 Å². The molecule has 0 saturated carbocycles. The molecule has 0 heterocycles. The maximum atomic E-state index is 11.4. The Hall–Kier alpha value is -1.64. The molecule has 0 spiro atoms. The molecule has 7 nitrogen and oxygen atoms in total. The van der Waals surface area contributed by atoms with Crippen LogP contribution in [0.15, 0.2) is 34.2 Å². The number of guanidine groups is 1. The van der Waals surface area contributed by atoms with Crippen molar-refractivity contribution in [3.05, 3.63) is 29.8 Å². The van der Waals surface area contributed by atoms with Gasteiger partial charge in [0.1, 0.15) is 0 Å². The van der Waals surface area contributed by atoms with Gasteiger partial charge in [-0.1, -0.05) is 26.0 Å². The highest BCUT2D eigenvalue weighted by molar-refractivity contribution is 7.89. The van der Waals surface area contributed by atoms with Crippen molar-refractivity contribution < 1.29 is 13.2 Å². The van der Waals surface area contributed by atoms with Crippen LogP contribution in [0.25, 0.3) is 0 Å². The second kappa shape index (κ2) is 11.1. The number of ether oxygens (including phenoxy) is 1. The van der Waals surface area contributed by atoms with Gasteiger partial charge in [0.05, 0.1) is 18.0 Å². The number of hydrogen-bond donors (Lipinski definition) is 3. The minimum absolute atomic E-state index is 0.0942. The number of rotatable bonds is 10. The van der Waals surface area contributed by atoms with E-state index in [0.717, 1.165) is 25.1 Å². The zero-order chi connectivity index (χ0) is 18.7. The predicted molar refractivity (Wildman–Crippen MR) is 101 cm³/mol. The van der Waals surface area contributed by atoms with Gasteiger partial charge in [-0.25, -0.2) is 18.5 Å². The van der Waals surface area contributed by atoms with E-state index in [1.807, 2.05) is 13.0 Å². The molecule has 142 valence electrons. The minimum atomic E-state index is -3.70. The first-order valence-corrected chi connectivity index (χ1v) is 10.1. The van der Waals surface area contributed by atoms with Crippen LogP contribution in [0.1, 0.15) is 32.8 Å². The van der Waals surface area contributed by atoms with Crippen LogP contribution in [0.3, 0.4) is 0 Å². The summed E-state index contributed by atoms with van der Waals surface area (Å²) in [4.78, 5) is 4.55. The summed E-state index contributed by atoms with van der Waals surface area (Å²) >= 11 is 0. The molecule has 0 unspecified atom stereocenters. The third-order valence-corrected chi connectivity index (χ3v) is 4.28. The number of benzene rings is 1. The minimum Gasteiger partial charge on any atom is -0.380 e. The Bertz CT molecular complexity index is 645. The number of sulfonamides is 1. The summed E-state index contributed by atoms with van der Waals surface area (Å²) < 4.78 is 28.4. The molecule has 0 aliphatic carbocycles. The Morgan fingerprint density at radius 1 is 1.28 bits per heavy atom. The van der Waals surface area contributed by atoms with E-state index in [-0.39, 0.29) is 4.90 Å². The molecule has 8 heteroatoms. The summed E-state index contributed by atoms with van der Waals surface area (Å²) in [5.41, 5.74) is 0.775. The molecule has 0 aromatic heterocycles. The molecule has 0 fully saturated rings. The quantitative estimate of drug-likeness (QED) is 0.328. The number of nitrogens with two attached hydrogens (primary N) is 1. The molecule has 1 aromatic rings. The molecule has 0 aliphatic heterocycles. The Morgan fingerprint density at radius 2 is 2.04 bits per heavy atom. The van der Waals surface area contributed by atoms with Crippen LogP contribution in [0.2, 0.25) is 0 Å². The van der Waals surface area contributed by atoms with Crippen LogP contribution in [0.4, 0.5) is 0 Å². The van der Waals surface area contributed by atoms with Gasteiger partial charge >= 0.3 is 0 Å². The fraction of sp³-hybridized carbons (Fsp3) is 0.588. The maximum Gasteiger partial charge on any atom is 0.238 e. The van der Waals surface area contributed by atoms with E-state index in [1.165, 1.54) is 12.1 Å². The molecule has 4 N–H and O–H groups in total. The Kier molecular flexibility index (Phi) is 9.48. The van der Waals surface area contributed by atoms with Crippen molar-refractivity contribution in [2.75, 3.05) is 26.3 Å². The maximum absolute atomic E-state index is 11.4. The van der Waals surface area contributed by atoms with Crippen LogP contribution < -0.4 is 15.8 Å². The first-order chi connectivity index (χ1) is 11.8. The summed E-state index contributed by atoms with van der Waals surface area (Å²) in [6.07, 6.45) is 1.05. The lowest BCUT2D eigenvalue weighted by atomic mass is 10.1. The fourth-order valence-corrected chi connectivity index (χ4v) is 2.58. The number of nitrogens with zero attached hydrogens (tertiary/aromatic N) is 1. The lowest BCUT2D eigenvalue weighted by Gasteiger charge is -2.12. The molecule has 0 bridgehead atoms. The number of aliphatic imine (C=N–C) groups is 1. The molecule has 0 saturated heterocycles. The monoisotopic (exact) mass is 370 g/mol. The van der Waals surface area contributed by atoms with Gasteiger partial charge in [-0.05, 0) is 37.0 Å². The van der Waals surface area contributed by atoms with Gasteiger partial charge in [0, 0.05) is 19.7 Å². The zero-order valence-corrected chi connectivity index (χ0v) is 16.1. The largest absolute Gasteiger partial charge is 0.380 e. The van der Waals surface area contributed by atoms with E-state index < -0.39 is 10.0 Å². The van der Waals surface area contributed by atoms with Crippen molar-refractivity contribution in [3.63, 3.8) is 0 Å². The topological polar surface area (TPSA) is 106 Å². The van der Waals surface area contributed by atoms with Gasteiger partial charge in [-0.2, -0.15) is 0 Å². The normalized spacial score (nSPS) is 12.4. The van der Waals surface area contributed by atoms with Gasteiger partial charge in [-0.3, -0.25) is 0 Å². The summed E-state index contributed by atoms with van der Waals surface area (Å²) in [6, 6.07) is 6.49. The van der Waals surface area contributed by atoms with Crippen LogP contribution >= 0.6 is 0 Å². The lowest BCUT2D eigenvalue weighted by molar-refractivity contribution is 0.128. The molecular formula is C17H30N4O3S. The first kappa shape index (κ1) is 21.4. The van der Waals surface area contributed by atoms with Crippen LogP contribution in [-0.4, -0.2) is 40.7 Å². The van der Waals surface area contributed by atoms with Crippen molar-refractivity contribution in [1.82, 2.24) is 10.6 Å². The number of hydrogen-bond acceptors (Lipinski definition) is 4. The van der Waals surface area contributed by atoms with Crippen LogP contribution in [-0.2, 0) is 21.3 Å². The summed E-state index contributed by atoms with van der Waals surface area (Å²) in [5, 5.41) is 11.5. The molecule has 0 atom stereocenters.